The van der Waals surface area contributed by atoms with Crippen LogP contribution in [0.3, 0.4) is 0 Å². The monoisotopic (exact) mass is 290 g/mol. The SMILES string of the molecule is COCCN(C)S(=O)(=O)c1c(C)nn(CCN)c1C. The number of hydrogen-bond donors (Lipinski definition) is 1. The van der Waals surface area contributed by atoms with Gasteiger partial charge < -0.3 is 10.5 Å². The number of nitrogens with two attached hydrogens (primary N) is 1. The van der Waals surface area contributed by atoms with Gasteiger partial charge >= 0.3 is 0 Å². The van der Waals surface area contributed by atoms with Gasteiger partial charge in [0.2, 0.25) is 10.0 Å². The number of rotatable bonds is 7. The number of hydrogen-bond acceptors (Lipinski definition) is 5. The smallest absolute Gasteiger partial charge is 0.246 e. The Balaban J connectivity index is 3.14. The molecule has 0 aliphatic rings. The number of methoxy groups -OCH3 is 1. The van der Waals surface area contributed by atoms with Crippen molar-refractivity contribution in [3.63, 3.8) is 0 Å². The van der Waals surface area contributed by atoms with Gasteiger partial charge in [-0.25, -0.2) is 8.42 Å². The Morgan fingerprint density at radius 3 is 2.58 bits per heavy atom. The van der Waals surface area contributed by atoms with Crippen molar-refractivity contribution in [3.05, 3.63) is 11.4 Å². The molecular formula is C11H22N4O3S. The topological polar surface area (TPSA) is 90.5 Å². The van der Waals surface area contributed by atoms with Crippen LogP contribution in [0.5, 0.6) is 0 Å². The van der Waals surface area contributed by atoms with E-state index in [1.165, 1.54) is 18.5 Å². The van der Waals surface area contributed by atoms with Gasteiger partial charge in [-0.05, 0) is 13.8 Å². The van der Waals surface area contributed by atoms with E-state index in [9.17, 15) is 8.42 Å². The van der Waals surface area contributed by atoms with Gasteiger partial charge in [-0.2, -0.15) is 9.40 Å². The maximum absolute atomic E-state index is 12.5. The molecule has 0 radical (unpaired) electrons. The normalized spacial score (nSPS) is 12.3. The second kappa shape index (κ2) is 6.47. The number of sulfonamides is 1. The van der Waals surface area contributed by atoms with Gasteiger partial charge in [0.05, 0.1) is 24.5 Å². The van der Waals surface area contributed by atoms with Crippen LogP contribution in [0.4, 0.5) is 0 Å². The standard InChI is InChI=1S/C11H22N4O3S/c1-9-11(10(2)15(13-9)6-5-12)19(16,17)14(3)7-8-18-4/h5-8,12H2,1-4H3. The van der Waals surface area contributed by atoms with Crippen LogP contribution in [0.2, 0.25) is 0 Å². The molecule has 1 rings (SSSR count). The number of aryl methyl sites for hydroxylation is 1. The molecule has 0 fully saturated rings. The lowest BCUT2D eigenvalue weighted by Gasteiger charge is -2.16. The largest absolute Gasteiger partial charge is 0.383 e. The van der Waals surface area contributed by atoms with Crippen molar-refractivity contribution in [2.24, 2.45) is 5.73 Å². The lowest BCUT2D eigenvalue weighted by Crippen LogP contribution is -2.30. The molecule has 0 saturated carbocycles. The van der Waals surface area contributed by atoms with Gasteiger partial charge in [0.15, 0.2) is 0 Å². The predicted octanol–water partition coefficient (Wildman–Crippen LogP) is -0.274. The van der Waals surface area contributed by atoms with Crippen LogP contribution in [-0.2, 0) is 21.3 Å². The molecule has 1 heterocycles. The van der Waals surface area contributed by atoms with Gasteiger partial charge in [-0.15, -0.1) is 0 Å². The molecule has 0 aliphatic carbocycles. The maximum Gasteiger partial charge on any atom is 0.246 e. The van der Waals surface area contributed by atoms with Crippen LogP contribution < -0.4 is 5.73 Å². The summed E-state index contributed by atoms with van der Waals surface area (Å²) in [6, 6.07) is 0. The van der Waals surface area contributed by atoms with Gasteiger partial charge in [0, 0.05) is 27.2 Å². The van der Waals surface area contributed by atoms with Gasteiger partial charge in [-0.1, -0.05) is 0 Å². The first kappa shape index (κ1) is 16.1. The van der Waals surface area contributed by atoms with Crippen molar-refractivity contribution in [1.29, 1.82) is 0 Å². The molecule has 0 spiro atoms. The molecule has 0 amide bonds. The molecule has 1 aromatic rings. The molecule has 0 aliphatic heterocycles. The van der Waals surface area contributed by atoms with E-state index >= 15 is 0 Å². The maximum atomic E-state index is 12.5. The number of ether oxygens (including phenoxy) is 1. The fourth-order valence-electron chi connectivity index (χ4n) is 1.89. The fourth-order valence-corrected chi connectivity index (χ4v) is 3.41. The van der Waals surface area contributed by atoms with Crippen LogP contribution in [0.1, 0.15) is 11.4 Å². The summed E-state index contributed by atoms with van der Waals surface area (Å²) in [6.45, 7) is 5.01. The molecule has 7 nitrogen and oxygen atoms in total. The summed E-state index contributed by atoms with van der Waals surface area (Å²) in [5.41, 5.74) is 6.60. The van der Waals surface area contributed by atoms with Crippen molar-refractivity contribution >= 4 is 10.0 Å². The average molecular weight is 290 g/mol. The minimum atomic E-state index is -3.54. The zero-order valence-corrected chi connectivity index (χ0v) is 12.7. The Kier molecular flexibility index (Phi) is 5.48. The third kappa shape index (κ3) is 3.33. The molecular weight excluding hydrogens is 268 g/mol. The summed E-state index contributed by atoms with van der Waals surface area (Å²) in [4.78, 5) is 0.263. The highest BCUT2D eigenvalue weighted by molar-refractivity contribution is 7.89. The first-order chi connectivity index (χ1) is 8.86. The second-order valence-corrected chi connectivity index (χ2v) is 6.31. The van der Waals surface area contributed by atoms with Crippen LogP contribution in [0.25, 0.3) is 0 Å². The van der Waals surface area contributed by atoms with E-state index in [0.29, 0.717) is 37.6 Å². The molecule has 0 aromatic carbocycles. The molecule has 0 saturated heterocycles. The first-order valence-corrected chi connectivity index (χ1v) is 7.49. The molecule has 1 aromatic heterocycles. The van der Waals surface area contributed by atoms with Gasteiger partial charge in [0.25, 0.3) is 0 Å². The number of likely N-dealkylation sites (N-methyl/N-ethyl adjacent to an activating group) is 1. The molecule has 110 valence electrons. The summed E-state index contributed by atoms with van der Waals surface area (Å²) in [7, 11) is -0.468. The fraction of sp³-hybridized carbons (Fsp3) is 0.727. The van der Waals surface area contributed by atoms with E-state index in [1.807, 2.05) is 0 Å². The van der Waals surface area contributed by atoms with Crippen LogP contribution in [0, 0.1) is 13.8 Å². The summed E-state index contributed by atoms with van der Waals surface area (Å²) < 4.78 is 32.8. The lowest BCUT2D eigenvalue weighted by molar-refractivity contribution is 0.185. The van der Waals surface area contributed by atoms with Crippen molar-refractivity contribution in [1.82, 2.24) is 14.1 Å². The van der Waals surface area contributed by atoms with E-state index in [0.717, 1.165) is 0 Å². The van der Waals surface area contributed by atoms with E-state index in [1.54, 1.807) is 18.5 Å². The highest BCUT2D eigenvalue weighted by Crippen LogP contribution is 2.22. The Bertz CT molecular complexity index is 524. The summed E-state index contributed by atoms with van der Waals surface area (Å²) >= 11 is 0. The van der Waals surface area contributed by atoms with E-state index in [4.69, 9.17) is 10.5 Å². The van der Waals surface area contributed by atoms with Crippen molar-refractivity contribution in [2.45, 2.75) is 25.3 Å². The van der Waals surface area contributed by atoms with Crippen LogP contribution in [-0.4, -0.2) is 56.4 Å². The quantitative estimate of drug-likeness (QED) is 0.746. The summed E-state index contributed by atoms with van der Waals surface area (Å²) in [5.74, 6) is 0. The zero-order chi connectivity index (χ0) is 14.6. The van der Waals surface area contributed by atoms with Gasteiger partial charge in [0.1, 0.15) is 4.90 Å². The molecule has 0 bridgehead atoms. The zero-order valence-electron chi connectivity index (χ0n) is 11.9. The summed E-state index contributed by atoms with van der Waals surface area (Å²) in [6.07, 6.45) is 0. The minimum absolute atomic E-state index is 0.263. The summed E-state index contributed by atoms with van der Waals surface area (Å²) in [5, 5.41) is 4.23. The highest BCUT2D eigenvalue weighted by atomic mass is 32.2. The first-order valence-electron chi connectivity index (χ1n) is 6.05. The lowest BCUT2D eigenvalue weighted by atomic mass is 10.4. The van der Waals surface area contributed by atoms with E-state index in [2.05, 4.69) is 5.10 Å². The third-order valence-corrected chi connectivity index (χ3v) is 5.04. The molecule has 0 atom stereocenters. The predicted molar refractivity (Wildman–Crippen MR) is 72.4 cm³/mol. The van der Waals surface area contributed by atoms with Crippen molar-refractivity contribution in [3.8, 4) is 0 Å². The Labute approximate surface area is 114 Å². The molecule has 0 unspecified atom stereocenters. The van der Waals surface area contributed by atoms with E-state index < -0.39 is 10.0 Å². The Hall–Kier alpha value is -0.960. The van der Waals surface area contributed by atoms with Crippen LogP contribution in [0.15, 0.2) is 4.90 Å². The minimum Gasteiger partial charge on any atom is -0.383 e. The number of aromatic nitrogens is 2. The van der Waals surface area contributed by atoms with Crippen LogP contribution >= 0.6 is 0 Å². The van der Waals surface area contributed by atoms with Crippen molar-refractivity contribution < 1.29 is 13.2 Å². The molecule has 8 heteroatoms. The second-order valence-electron chi connectivity index (χ2n) is 4.33. The molecule has 19 heavy (non-hydrogen) atoms. The van der Waals surface area contributed by atoms with Crippen molar-refractivity contribution in [2.75, 3.05) is 33.9 Å². The number of nitrogens with zero attached hydrogens (tertiary/aromatic N) is 3. The Morgan fingerprint density at radius 2 is 2.05 bits per heavy atom. The molecule has 2 N–H and O–H groups in total. The Morgan fingerprint density at radius 1 is 1.42 bits per heavy atom. The van der Waals surface area contributed by atoms with Gasteiger partial charge in [-0.3, -0.25) is 4.68 Å². The van der Waals surface area contributed by atoms with E-state index in [-0.39, 0.29) is 4.90 Å². The highest BCUT2D eigenvalue weighted by Gasteiger charge is 2.28. The third-order valence-electron chi connectivity index (χ3n) is 2.93. The average Bonchev–Trinajstić information content (AvgIpc) is 2.62.